The summed E-state index contributed by atoms with van der Waals surface area (Å²) in [5.74, 6) is 0.224. The lowest BCUT2D eigenvalue weighted by Gasteiger charge is -2.27. The van der Waals surface area contributed by atoms with Gasteiger partial charge in [0, 0.05) is 19.6 Å². The number of likely N-dealkylation sites (N-methyl/N-ethyl adjacent to an activating group) is 1. The lowest BCUT2D eigenvalue weighted by atomic mass is 10.0. The van der Waals surface area contributed by atoms with Gasteiger partial charge in [-0.3, -0.25) is 0 Å². The van der Waals surface area contributed by atoms with Crippen LogP contribution in [0.15, 0.2) is 0 Å². The van der Waals surface area contributed by atoms with Gasteiger partial charge in [0.05, 0.1) is 0 Å². The predicted molar refractivity (Wildman–Crippen MR) is 62.4 cm³/mol. The maximum Gasteiger partial charge on any atom is 0.407 e. The summed E-state index contributed by atoms with van der Waals surface area (Å²) < 4.78 is 5.15. The van der Waals surface area contributed by atoms with Crippen molar-refractivity contribution in [3.8, 4) is 0 Å². The van der Waals surface area contributed by atoms with Crippen LogP contribution < -0.4 is 5.32 Å². The van der Waals surface area contributed by atoms with Crippen LogP contribution in [0.1, 0.15) is 34.6 Å². The van der Waals surface area contributed by atoms with Crippen LogP contribution in [0.4, 0.5) is 4.79 Å². The van der Waals surface area contributed by atoms with Gasteiger partial charge in [-0.05, 0) is 26.7 Å². The summed E-state index contributed by atoms with van der Waals surface area (Å²) in [6, 6.07) is -0.134. The molecule has 16 heavy (non-hydrogen) atoms. The number of amides is 1. The third kappa shape index (κ3) is 7.48. The van der Waals surface area contributed by atoms with Crippen molar-refractivity contribution in [1.29, 1.82) is 0 Å². The number of hydrogen-bond acceptors (Lipinski definition) is 4. The van der Waals surface area contributed by atoms with E-state index in [0.29, 0.717) is 6.54 Å². The molecule has 2 N–H and O–H groups in total. The molecule has 96 valence electrons. The van der Waals surface area contributed by atoms with Gasteiger partial charge in [-0.25, -0.2) is 4.79 Å². The SMILES string of the molecule is CC(C)C(CN(C)O)NC(=O)OC(C)(C)C. The smallest absolute Gasteiger partial charge is 0.407 e. The Morgan fingerprint density at radius 3 is 2.25 bits per heavy atom. The third-order valence-electron chi connectivity index (χ3n) is 1.97. The highest BCUT2D eigenvalue weighted by Crippen LogP contribution is 2.08. The Morgan fingerprint density at radius 1 is 1.44 bits per heavy atom. The molecule has 0 saturated heterocycles. The number of alkyl carbamates (subject to hydrolysis) is 1. The number of rotatable bonds is 4. The van der Waals surface area contributed by atoms with Crippen molar-refractivity contribution in [2.75, 3.05) is 13.6 Å². The van der Waals surface area contributed by atoms with E-state index in [2.05, 4.69) is 5.32 Å². The standard InChI is InChI=1S/C11H24N2O3/c1-8(2)9(7-13(6)15)12-10(14)16-11(3,4)5/h8-9,15H,7H2,1-6H3,(H,12,14). The fourth-order valence-electron chi connectivity index (χ4n) is 1.17. The zero-order valence-electron chi connectivity index (χ0n) is 11.1. The fraction of sp³-hybridized carbons (Fsp3) is 0.909. The summed E-state index contributed by atoms with van der Waals surface area (Å²) in [7, 11) is 1.55. The minimum Gasteiger partial charge on any atom is -0.444 e. The first-order chi connectivity index (χ1) is 7.11. The molecule has 0 aliphatic heterocycles. The number of nitrogens with one attached hydrogen (secondary N) is 1. The summed E-state index contributed by atoms with van der Waals surface area (Å²) in [6.07, 6.45) is -0.451. The van der Waals surface area contributed by atoms with E-state index >= 15 is 0 Å². The molecule has 0 bridgehead atoms. The van der Waals surface area contributed by atoms with Gasteiger partial charge in [0.2, 0.25) is 0 Å². The summed E-state index contributed by atoms with van der Waals surface area (Å²) in [6.45, 7) is 9.77. The predicted octanol–water partition coefficient (Wildman–Crippen LogP) is 1.86. The molecule has 1 amide bonds. The van der Waals surface area contributed by atoms with Gasteiger partial charge in [-0.1, -0.05) is 13.8 Å². The molecule has 1 unspecified atom stereocenters. The van der Waals surface area contributed by atoms with Gasteiger partial charge in [0.25, 0.3) is 0 Å². The molecule has 0 saturated carbocycles. The molecule has 0 aromatic rings. The van der Waals surface area contributed by atoms with Crippen LogP contribution in [0.25, 0.3) is 0 Å². The zero-order valence-corrected chi connectivity index (χ0v) is 11.1. The zero-order chi connectivity index (χ0) is 12.9. The Kier molecular flexibility index (Phi) is 5.75. The minimum absolute atomic E-state index is 0.134. The topological polar surface area (TPSA) is 61.8 Å². The van der Waals surface area contributed by atoms with Crippen LogP contribution in [0.5, 0.6) is 0 Å². The maximum atomic E-state index is 11.5. The summed E-state index contributed by atoms with van der Waals surface area (Å²) in [5, 5.41) is 13.0. The van der Waals surface area contributed by atoms with E-state index in [1.165, 1.54) is 0 Å². The highest BCUT2D eigenvalue weighted by atomic mass is 16.6. The molecule has 0 aromatic heterocycles. The van der Waals surface area contributed by atoms with Crippen LogP contribution in [-0.2, 0) is 4.74 Å². The first kappa shape index (κ1) is 15.2. The Bertz CT molecular complexity index is 222. The van der Waals surface area contributed by atoms with Crippen molar-refractivity contribution in [2.45, 2.75) is 46.3 Å². The van der Waals surface area contributed by atoms with Gasteiger partial charge < -0.3 is 15.3 Å². The highest BCUT2D eigenvalue weighted by Gasteiger charge is 2.21. The summed E-state index contributed by atoms with van der Waals surface area (Å²) in [5.41, 5.74) is -0.503. The number of hydroxylamine groups is 2. The average molecular weight is 232 g/mol. The largest absolute Gasteiger partial charge is 0.444 e. The Labute approximate surface area is 97.7 Å². The van der Waals surface area contributed by atoms with Crippen molar-refractivity contribution in [3.63, 3.8) is 0 Å². The van der Waals surface area contributed by atoms with Crippen molar-refractivity contribution in [3.05, 3.63) is 0 Å². The fourth-order valence-corrected chi connectivity index (χ4v) is 1.17. The van der Waals surface area contributed by atoms with E-state index in [0.717, 1.165) is 5.06 Å². The number of carbonyl (C=O) groups is 1. The second kappa shape index (κ2) is 6.06. The quantitative estimate of drug-likeness (QED) is 0.726. The van der Waals surface area contributed by atoms with Gasteiger partial charge >= 0.3 is 6.09 Å². The van der Waals surface area contributed by atoms with E-state index in [9.17, 15) is 4.79 Å². The lowest BCUT2D eigenvalue weighted by Crippen LogP contribution is -2.46. The molecule has 0 rings (SSSR count). The molecule has 5 heteroatoms. The van der Waals surface area contributed by atoms with Crippen LogP contribution >= 0.6 is 0 Å². The van der Waals surface area contributed by atoms with Gasteiger partial charge in [-0.2, -0.15) is 5.06 Å². The second-order valence-electron chi connectivity index (χ2n) is 5.34. The number of nitrogens with zero attached hydrogens (tertiary/aromatic N) is 1. The number of ether oxygens (including phenoxy) is 1. The first-order valence-corrected chi connectivity index (χ1v) is 5.51. The molecule has 0 spiro atoms. The monoisotopic (exact) mass is 232 g/mol. The molecule has 0 aromatic carbocycles. The molecule has 1 atom stereocenters. The highest BCUT2D eigenvalue weighted by molar-refractivity contribution is 5.68. The Balaban J connectivity index is 4.24. The molecule has 0 fully saturated rings. The average Bonchev–Trinajstić information content (AvgIpc) is 1.97. The van der Waals surface area contributed by atoms with E-state index in [1.807, 2.05) is 34.6 Å². The normalized spacial score (nSPS) is 14.1. The Hall–Kier alpha value is -0.810. The molecular weight excluding hydrogens is 208 g/mol. The van der Waals surface area contributed by atoms with Crippen molar-refractivity contribution >= 4 is 6.09 Å². The number of carbonyl (C=O) groups excluding carboxylic acids is 1. The molecular formula is C11H24N2O3. The summed E-state index contributed by atoms with van der Waals surface area (Å²) in [4.78, 5) is 11.5. The third-order valence-corrected chi connectivity index (χ3v) is 1.97. The van der Waals surface area contributed by atoms with Crippen molar-refractivity contribution in [2.24, 2.45) is 5.92 Å². The van der Waals surface area contributed by atoms with Gasteiger partial charge in [0.15, 0.2) is 0 Å². The van der Waals surface area contributed by atoms with Crippen LogP contribution in [0.2, 0.25) is 0 Å². The van der Waals surface area contributed by atoms with Crippen LogP contribution in [-0.4, -0.2) is 41.6 Å². The maximum absolute atomic E-state index is 11.5. The van der Waals surface area contributed by atoms with Crippen LogP contribution in [0, 0.1) is 5.92 Å². The number of hydrogen-bond donors (Lipinski definition) is 2. The molecule has 0 heterocycles. The van der Waals surface area contributed by atoms with Crippen molar-refractivity contribution in [1.82, 2.24) is 10.4 Å². The molecule has 0 aliphatic rings. The van der Waals surface area contributed by atoms with Crippen molar-refractivity contribution < 1.29 is 14.7 Å². The van der Waals surface area contributed by atoms with E-state index in [-0.39, 0.29) is 12.0 Å². The Morgan fingerprint density at radius 2 is 1.94 bits per heavy atom. The van der Waals surface area contributed by atoms with Gasteiger partial charge in [0.1, 0.15) is 5.60 Å². The summed E-state index contributed by atoms with van der Waals surface area (Å²) >= 11 is 0. The second-order valence-corrected chi connectivity index (χ2v) is 5.34. The molecule has 0 radical (unpaired) electrons. The van der Waals surface area contributed by atoms with E-state index in [4.69, 9.17) is 9.94 Å². The van der Waals surface area contributed by atoms with Gasteiger partial charge in [-0.15, -0.1) is 0 Å². The molecule has 0 aliphatic carbocycles. The molecule has 5 nitrogen and oxygen atoms in total. The minimum atomic E-state index is -0.503. The first-order valence-electron chi connectivity index (χ1n) is 5.51. The van der Waals surface area contributed by atoms with E-state index in [1.54, 1.807) is 7.05 Å². The van der Waals surface area contributed by atoms with Crippen LogP contribution in [0.3, 0.4) is 0 Å². The lowest BCUT2D eigenvalue weighted by molar-refractivity contribution is -0.0743. The van der Waals surface area contributed by atoms with E-state index < -0.39 is 11.7 Å².